The number of carbonyl (C=O) groups is 2. The molecule has 0 saturated carbocycles. The van der Waals surface area contributed by atoms with Gasteiger partial charge in [0.05, 0.1) is 22.4 Å². The second-order valence-corrected chi connectivity index (χ2v) is 8.12. The fourth-order valence-electron chi connectivity index (χ4n) is 4.00. The molecule has 0 aliphatic carbocycles. The van der Waals surface area contributed by atoms with E-state index in [1.165, 1.54) is 0 Å². The number of nitrogens with zero attached hydrogens (tertiary/aromatic N) is 1. The van der Waals surface area contributed by atoms with Crippen LogP contribution in [0, 0.1) is 0 Å². The predicted molar refractivity (Wildman–Crippen MR) is 130 cm³/mol. The quantitative estimate of drug-likeness (QED) is 0.232. The summed E-state index contributed by atoms with van der Waals surface area (Å²) in [5.41, 5.74) is 3.44. The number of rotatable bonds is 4. The fraction of sp³-hybridized carbons (Fsp3) is 0.0345. The summed E-state index contributed by atoms with van der Waals surface area (Å²) in [4.78, 5) is 26.8. The lowest BCUT2D eigenvalue weighted by Crippen LogP contribution is -2.29. The maximum Gasteiger partial charge on any atom is 0.416 e. The molecule has 0 aromatic heterocycles. The number of hydrogen-bond donors (Lipinski definition) is 0. The predicted octanol–water partition coefficient (Wildman–Crippen LogP) is 7.34. The molecular weight excluding hydrogens is 451 g/mol. The first-order chi connectivity index (χ1) is 16.8. The Balaban J connectivity index is 1.38. The first kappa shape index (κ1) is 22.3. The maximum atomic E-state index is 13.0. The average Bonchev–Trinajstić information content (AvgIpc) is 3.12. The molecule has 0 radical (unpaired) electrons. The van der Waals surface area contributed by atoms with Crippen LogP contribution >= 0.6 is 0 Å². The van der Waals surface area contributed by atoms with Gasteiger partial charge in [-0.25, -0.2) is 4.90 Å². The van der Waals surface area contributed by atoms with E-state index in [-0.39, 0.29) is 16.8 Å². The topological polar surface area (TPSA) is 37.4 Å². The number of fused-ring (bicyclic) bond motifs is 1. The lowest BCUT2D eigenvalue weighted by atomic mass is 9.99. The van der Waals surface area contributed by atoms with Crippen molar-refractivity contribution in [2.45, 2.75) is 6.18 Å². The van der Waals surface area contributed by atoms with Crippen molar-refractivity contribution >= 4 is 29.7 Å². The van der Waals surface area contributed by atoms with Gasteiger partial charge in [0.1, 0.15) is 0 Å². The Labute approximate surface area is 199 Å². The van der Waals surface area contributed by atoms with Gasteiger partial charge >= 0.3 is 6.18 Å². The van der Waals surface area contributed by atoms with Gasteiger partial charge in [-0.15, -0.1) is 0 Å². The van der Waals surface area contributed by atoms with Gasteiger partial charge in [-0.2, -0.15) is 13.2 Å². The molecule has 6 heteroatoms. The van der Waals surface area contributed by atoms with E-state index in [1.54, 1.807) is 18.2 Å². The summed E-state index contributed by atoms with van der Waals surface area (Å²) >= 11 is 0. The molecule has 0 fully saturated rings. The summed E-state index contributed by atoms with van der Waals surface area (Å²) in [5.74, 6) is -1.12. The number of hydrogen-bond acceptors (Lipinski definition) is 2. The molecule has 2 amide bonds. The van der Waals surface area contributed by atoms with Crippen LogP contribution in [0.2, 0.25) is 0 Å². The minimum absolute atomic E-state index is 0.0975. The number of halogens is 3. The summed E-state index contributed by atoms with van der Waals surface area (Å²) in [6.45, 7) is 0. The van der Waals surface area contributed by atoms with Gasteiger partial charge in [0.25, 0.3) is 11.8 Å². The SMILES string of the molecule is O=C1c2ccc(-c3ccc(/C=C/c4ccccc4)cc3)cc2C(=O)N1c1ccc(C(F)(F)F)cc1. The van der Waals surface area contributed by atoms with Crippen molar-refractivity contribution in [3.05, 3.63) is 125 Å². The molecule has 1 aliphatic heterocycles. The van der Waals surface area contributed by atoms with Gasteiger partial charge in [0.2, 0.25) is 0 Å². The van der Waals surface area contributed by atoms with E-state index in [2.05, 4.69) is 0 Å². The van der Waals surface area contributed by atoms with Gasteiger partial charge in [-0.3, -0.25) is 9.59 Å². The Morgan fingerprint density at radius 2 is 1.17 bits per heavy atom. The van der Waals surface area contributed by atoms with Crippen LogP contribution in [0.3, 0.4) is 0 Å². The molecule has 0 unspecified atom stereocenters. The molecule has 1 heterocycles. The van der Waals surface area contributed by atoms with Crippen LogP contribution in [0.1, 0.15) is 37.4 Å². The number of benzene rings is 4. The number of imide groups is 1. The van der Waals surface area contributed by atoms with Gasteiger partial charge in [0.15, 0.2) is 0 Å². The Hall–Kier alpha value is -4.45. The third-order valence-corrected chi connectivity index (χ3v) is 5.85. The largest absolute Gasteiger partial charge is 0.416 e. The molecule has 5 rings (SSSR count). The number of amides is 2. The molecular formula is C29H18F3NO2. The van der Waals surface area contributed by atoms with Gasteiger partial charge in [0, 0.05) is 0 Å². The third-order valence-electron chi connectivity index (χ3n) is 5.85. The molecule has 0 saturated heterocycles. The van der Waals surface area contributed by atoms with Crippen molar-refractivity contribution in [2.24, 2.45) is 0 Å². The first-order valence-corrected chi connectivity index (χ1v) is 10.8. The van der Waals surface area contributed by atoms with E-state index in [4.69, 9.17) is 0 Å². The van der Waals surface area contributed by atoms with Crippen molar-refractivity contribution in [1.29, 1.82) is 0 Å². The lowest BCUT2D eigenvalue weighted by Gasteiger charge is -2.15. The Bertz CT molecular complexity index is 1440. The van der Waals surface area contributed by atoms with E-state index in [0.717, 1.165) is 51.4 Å². The van der Waals surface area contributed by atoms with Crippen LogP contribution in [0.25, 0.3) is 23.3 Å². The van der Waals surface area contributed by atoms with Crippen LogP contribution in [0.4, 0.5) is 18.9 Å². The lowest BCUT2D eigenvalue weighted by molar-refractivity contribution is -0.137. The smallest absolute Gasteiger partial charge is 0.268 e. The number of carbonyl (C=O) groups excluding carboxylic acids is 2. The maximum absolute atomic E-state index is 13.0. The second-order valence-electron chi connectivity index (χ2n) is 8.12. The average molecular weight is 469 g/mol. The summed E-state index contributed by atoms with van der Waals surface area (Å²) in [7, 11) is 0. The summed E-state index contributed by atoms with van der Waals surface area (Å²) in [6, 6.07) is 26.7. The van der Waals surface area contributed by atoms with Gasteiger partial charge in [-0.1, -0.05) is 72.8 Å². The standard InChI is InChI=1S/C29H18F3NO2/c30-29(31,32)23-13-15-24(16-14-23)33-27(34)25-17-12-22(18-26(25)28(33)35)21-10-8-20(9-11-21)7-6-19-4-2-1-3-5-19/h1-18H/b7-6+. The summed E-state index contributed by atoms with van der Waals surface area (Å²) < 4.78 is 38.6. The monoisotopic (exact) mass is 469 g/mol. The Kier molecular flexibility index (Phi) is 5.57. The molecule has 4 aromatic carbocycles. The number of anilines is 1. The molecule has 0 atom stereocenters. The van der Waals surface area contributed by atoms with E-state index >= 15 is 0 Å². The Morgan fingerprint density at radius 1 is 0.600 bits per heavy atom. The van der Waals surface area contributed by atoms with E-state index in [9.17, 15) is 22.8 Å². The van der Waals surface area contributed by atoms with Crippen molar-refractivity contribution in [1.82, 2.24) is 0 Å². The van der Waals surface area contributed by atoms with Crippen LogP contribution in [-0.2, 0) is 6.18 Å². The van der Waals surface area contributed by atoms with Gasteiger partial charge in [-0.05, 0) is 58.7 Å². The fourth-order valence-corrected chi connectivity index (χ4v) is 4.00. The zero-order chi connectivity index (χ0) is 24.6. The summed E-state index contributed by atoms with van der Waals surface area (Å²) in [5, 5.41) is 0. The van der Waals surface area contributed by atoms with Gasteiger partial charge < -0.3 is 0 Å². The minimum atomic E-state index is -4.50. The van der Waals surface area contributed by atoms with E-state index in [1.807, 2.05) is 66.7 Å². The highest BCUT2D eigenvalue weighted by atomic mass is 19.4. The van der Waals surface area contributed by atoms with Crippen molar-refractivity contribution in [3.8, 4) is 11.1 Å². The third kappa shape index (κ3) is 4.38. The highest BCUT2D eigenvalue weighted by Gasteiger charge is 2.37. The van der Waals surface area contributed by atoms with Crippen LogP contribution < -0.4 is 4.90 Å². The van der Waals surface area contributed by atoms with Crippen molar-refractivity contribution < 1.29 is 22.8 Å². The van der Waals surface area contributed by atoms with Crippen LogP contribution in [0.15, 0.2) is 97.1 Å². The summed E-state index contributed by atoms with van der Waals surface area (Å²) in [6.07, 6.45) is -0.473. The number of alkyl halides is 3. The first-order valence-electron chi connectivity index (χ1n) is 10.8. The van der Waals surface area contributed by atoms with Crippen LogP contribution in [-0.4, -0.2) is 11.8 Å². The molecule has 1 aliphatic rings. The molecule has 4 aromatic rings. The van der Waals surface area contributed by atoms with E-state index in [0.29, 0.717) is 0 Å². The zero-order valence-corrected chi connectivity index (χ0v) is 18.3. The molecule has 0 spiro atoms. The second kappa shape index (κ2) is 8.72. The minimum Gasteiger partial charge on any atom is -0.268 e. The Morgan fingerprint density at radius 3 is 1.80 bits per heavy atom. The molecule has 3 nitrogen and oxygen atoms in total. The van der Waals surface area contributed by atoms with E-state index < -0.39 is 23.6 Å². The van der Waals surface area contributed by atoms with Crippen molar-refractivity contribution in [3.63, 3.8) is 0 Å². The molecule has 0 bridgehead atoms. The molecule has 172 valence electrons. The highest BCUT2D eigenvalue weighted by molar-refractivity contribution is 6.34. The highest BCUT2D eigenvalue weighted by Crippen LogP contribution is 2.34. The normalized spacial score (nSPS) is 13.5. The molecule has 35 heavy (non-hydrogen) atoms. The zero-order valence-electron chi connectivity index (χ0n) is 18.3. The van der Waals surface area contributed by atoms with Crippen molar-refractivity contribution in [2.75, 3.05) is 4.90 Å². The molecule has 0 N–H and O–H groups in total. The van der Waals surface area contributed by atoms with Crippen LogP contribution in [0.5, 0.6) is 0 Å².